The fourth-order valence-corrected chi connectivity index (χ4v) is 2.86. The first-order valence-corrected chi connectivity index (χ1v) is 8.84. The number of amides is 2. The van der Waals surface area contributed by atoms with Crippen LogP contribution in [0.25, 0.3) is 0 Å². The number of rotatable bonds is 7. The van der Waals surface area contributed by atoms with E-state index in [9.17, 15) is 9.59 Å². The van der Waals surface area contributed by atoms with Gasteiger partial charge in [-0.05, 0) is 24.3 Å². The van der Waals surface area contributed by atoms with Gasteiger partial charge in [-0.3, -0.25) is 9.59 Å². The maximum absolute atomic E-state index is 12.3. The van der Waals surface area contributed by atoms with Crippen LogP contribution in [0.3, 0.4) is 0 Å². The third-order valence-electron chi connectivity index (χ3n) is 4.17. The topological polar surface area (TPSA) is 79.9 Å². The van der Waals surface area contributed by atoms with Crippen molar-refractivity contribution in [1.29, 1.82) is 0 Å². The number of ether oxygens (including phenoxy) is 2. The second-order valence-electron chi connectivity index (χ2n) is 6.08. The van der Waals surface area contributed by atoms with E-state index in [0.29, 0.717) is 25.4 Å². The van der Waals surface area contributed by atoms with E-state index in [1.54, 1.807) is 13.1 Å². The highest BCUT2D eigenvalue weighted by molar-refractivity contribution is 5.86. The fourth-order valence-electron chi connectivity index (χ4n) is 2.86. The molecule has 7 heteroatoms. The van der Waals surface area contributed by atoms with Gasteiger partial charge >= 0.3 is 0 Å². The van der Waals surface area contributed by atoms with E-state index in [0.717, 1.165) is 11.4 Å². The second kappa shape index (κ2) is 8.93. The van der Waals surface area contributed by atoms with Gasteiger partial charge in [-0.1, -0.05) is 30.3 Å². The predicted molar refractivity (Wildman–Crippen MR) is 102 cm³/mol. The summed E-state index contributed by atoms with van der Waals surface area (Å²) in [6.45, 7) is 1.23. The van der Waals surface area contributed by atoms with Gasteiger partial charge in [0.05, 0.1) is 25.3 Å². The monoisotopic (exact) mass is 369 g/mol. The number of fused-ring (bicyclic) bond motifs is 1. The van der Waals surface area contributed by atoms with Crippen LogP contribution in [0.4, 0.5) is 5.69 Å². The molecule has 3 rings (SSSR count). The summed E-state index contributed by atoms with van der Waals surface area (Å²) in [5.41, 5.74) is 0.799. The minimum Gasteiger partial charge on any atom is -0.492 e. The molecule has 1 aliphatic heterocycles. The number of anilines is 1. The lowest BCUT2D eigenvalue weighted by Crippen LogP contribution is -2.50. The molecule has 142 valence electrons. The van der Waals surface area contributed by atoms with Gasteiger partial charge in [-0.15, -0.1) is 0 Å². The third kappa shape index (κ3) is 4.91. The summed E-state index contributed by atoms with van der Waals surface area (Å²) in [6.07, 6.45) is -0.654. The van der Waals surface area contributed by atoms with Crippen molar-refractivity contribution in [3.63, 3.8) is 0 Å². The number of nitrogens with one attached hydrogen (secondary N) is 2. The van der Waals surface area contributed by atoms with Crippen molar-refractivity contribution in [1.82, 2.24) is 10.6 Å². The summed E-state index contributed by atoms with van der Waals surface area (Å²) in [5.74, 6) is 1.00. The average molecular weight is 369 g/mol. The summed E-state index contributed by atoms with van der Waals surface area (Å²) in [4.78, 5) is 26.2. The molecule has 0 aliphatic carbocycles. The number of benzene rings is 2. The first kappa shape index (κ1) is 18.6. The van der Waals surface area contributed by atoms with Crippen LogP contribution in [0.15, 0.2) is 54.6 Å². The summed E-state index contributed by atoms with van der Waals surface area (Å²) in [5, 5.41) is 5.43. The Morgan fingerprint density at radius 1 is 1.15 bits per heavy atom. The van der Waals surface area contributed by atoms with Crippen molar-refractivity contribution in [2.24, 2.45) is 0 Å². The average Bonchev–Trinajstić information content (AvgIpc) is 2.71. The first-order valence-electron chi connectivity index (χ1n) is 8.84. The van der Waals surface area contributed by atoms with Crippen LogP contribution in [0, 0.1) is 0 Å². The summed E-state index contributed by atoms with van der Waals surface area (Å²) >= 11 is 0. The van der Waals surface area contributed by atoms with Gasteiger partial charge in [0.2, 0.25) is 5.91 Å². The van der Waals surface area contributed by atoms with Crippen molar-refractivity contribution < 1.29 is 19.1 Å². The van der Waals surface area contributed by atoms with E-state index in [2.05, 4.69) is 10.6 Å². The number of hydrogen-bond acceptors (Lipinski definition) is 5. The van der Waals surface area contributed by atoms with E-state index < -0.39 is 6.10 Å². The van der Waals surface area contributed by atoms with Crippen LogP contribution in [-0.4, -0.2) is 51.2 Å². The molecule has 1 atom stereocenters. The quantitative estimate of drug-likeness (QED) is 0.717. The molecule has 1 aliphatic rings. The normalized spacial score (nSPS) is 15.3. The molecule has 0 fully saturated rings. The zero-order valence-corrected chi connectivity index (χ0v) is 15.2. The Kier molecular flexibility index (Phi) is 6.14. The third-order valence-corrected chi connectivity index (χ3v) is 4.17. The van der Waals surface area contributed by atoms with Crippen LogP contribution in [-0.2, 0) is 9.59 Å². The van der Waals surface area contributed by atoms with Crippen molar-refractivity contribution in [3.8, 4) is 11.5 Å². The highest BCUT2D eigenvalue weighted by atomic mass is 16.5. The number of hydrogen-bond donors (Lipinski definition) is 2. The first-order chi connectivity index (χ1) is 13.2. The summed E-state index contributed by atoms with van der Waals surface area (Å²) in [7, 11) is 1.57. The summed E-state index contributed by atoms with van der Waals surface area (Å²) < 4.78 is 11.3. The molecule has 2 amide bonds. The van der Waals surface area contributed by atoms with Crippen LogP contribution in [0.5, 0.6) is 11.5 Å². The van der Waals surface area contributed by atoms with E-state index >= 15 is 0 Å². The lowest BCUT2D eigenvalue weighted by Gasteiger charge is -2.34. The molecule has 7 nitrogen and oxygen atoms in total. The van der Waals surface area contributed by atoms with Crippen LogP contribution in [0.1, 0.15) is 0 Å². The molecule has 2 N–H and O–H groups in total. The Balaban J connectivity index is 1.53. The number of nitrogens with zero attached hydrogens (tertiary/aromatic N) is 1. The Morgan fingerprint density at radius 3 is 2.67 bits per heavy atom. The predicted octanol–water partition coefficient (Wildman–Crippen LogP) is 1.20. The minimum absolute atomic E-state index is 0.138. The Morgan fingerprint density at radius 2 is 1.89 bits per heavy atom. The number of likely N-dealkylation sites (N-methyl/N-ethyl adjacent to an activating group) is 1. The Bertz CT molecular complexity index is 782. The van der Waals surface area contributed by atoms with Gasteiger partial charge in [0.25, 0.3) is 5.91 Å². The zero-order chi connectivity index (χ0) is 19.1. The van der Waals surface area contributed by atoms with Crippen molar-refractivity contribution in [2.45, 2.75) is 6.10 Å². The number of carbonyl (C=O) groups is 2. The molecule has 1 unspecified atom stereocenters. The summed E-state index contributed by atoms with van der Waals surface area (Å²) in [6, 6.07) is 16.8. The highest BCUT2D eigenvalue weighted by Gasteiger charge is 2.30. The Labute approximate surface area is 158 Å². The van der Waals surface area contributed by atoms with E-state index in [4.69, 9.17) is 9.47 Å². The molecule has 0 saturated heterocycles. The zero-order valence-electron chi connectivity index (χ0n) is 15.2. The lowest BCUT2D eigenvalue weighted by molar-refractivity contribution is -0.127. The van der Waals surface area contributed by atoms with Gasteiger partial charge in [0.15, 0.2) is 6.10 Å². The van der Waals surface area contributed by atoms with Gasteiger partial charge in [-0.25, -0.2) is 0 Å². The van der Waals surface area contributed by atoms with Gasteiger partial charge in [0, 0.05) is 7.05 Å². The maximum atomic E-state index is 12.3. The van der Waals surface area contributed by atoms with E-state index in [1.807, 2.05) is 53.4 Å². The molecule has 0 saturated carbocycles. The number of para-hydroxylation sites is 3. The fraction of sp³-hybridized carbons (Fsp3) is 0.300. The molecule has 0 spiro atoms. The van der Waals surface area contributed by atoms with Gasteiger partial charge in [0.1, 0.15) is 18.1 Å². The molecular formula is C20H23N3O4. The van der Waals surface area contributed by atoms with Gasteiger partial charge in [-0.2, -0.15) is 0 Å². The smallest absolute Gasteiger partial charge is 0.262 e. The minimum atomic E-state index is -0.654. The van der Waals surface area contributed by atoms with Gasteiger partial charge < -0.3 is 25.0 Å². The van der Waals surface area contributed by atoms with Crippen LogP contribution < -0.4 is 25.0 Å². The van der Waals surface area contributed by atoms with Crippen molar-refractivity contribution in [3.05, 3.63) is 54.6 Å². The molecule has 27 heavy (non-hydrogen) atoms. The molecule has 1 heterocycles. The highest BCUT2D eigenvalue weighted by Crippen LogP contribution is 2.32. The van der Waals surface area contributed by atoms with Crippen LogP contribution >= 0.6 is 0 Å². The van der Waals surface area contributed by atoms with Crippen molar-refractivity contribution >= 4 is 17.5 Å². The lowest BCUT2D eigenvalue weighted by atomic mass is 10.1. The molecule has 0 radical (unpaired) electrons. The SMILES string of the molecule is CNC(=O)C1CN(CC(=O)NCCOc2ccccc2)c2ccccc2O1. The molecule has 2 aromatic rings. The van der Waals surface area contributed by atoms with E-state index in [1.165, 1.54) is 0 Å². The van der Waals surface area contributed by atoms with Crippen LogP contribution in [0.2, 0.25) is 0 Å². The van der Waals surface area contributed by atoms with Crippen molar-refractivity contribution in [2.75, 3.05) is 38.2 Å². The molecule has 2 aromatic carbocycles. The molecule has 0 aromatic heterocycles. The van der Waals surface area contributed by atoms with E-state index in [-0.39, 0.29) is 18.4 Å². The Hall–Kier alpha value is -3.22. The largest absolute Gasteiger partial charge is 0.492 e. The maximum Gasteiger partial charge on any atom is 0.262 e. The standard InChI is InChI=1S/C20H23N3O4/c1-21-20(25)18-13-23(16-9-5-6-10-17(16)27-18)14-19(24)22-11-12-26-15-7-3-2-4-8-15/h2-10,18H,11-14H2,1H3,(H,21,25)(H,22,24). The molecular weight excluding hydrogens is 346 g/mol. The second-order valence-corrected chi connectivity index (χ2v) is 6.08. The number of carbonyl (C=O) groups excluding carboxylic acids is 2. The molecule has 0 bridgehead atoms.